The molecule has 3 aliphatic rings. The summed E-state index contributed by atoms with van der Waals surface area (Å²) in [5, 5.41) is 1.25. The summed E-state index contributed by atoms with van der Waals surface area (Å²) < 4.78 is 5.34. The molecule has 5 rings (SSSR count). The van der Waals surface area contributed by atoms with E-state index in [9.17, 15) is 4.79 Å². The quantitative estimate of drug-likeness (QED) is 0.881. The minimum Gasteiger partial charge on any atom is -0.497 e. The number of benzene rings is 1. The average molecular weight is 383 g/mol. The largest absolute Gasteiger partial charge is 0.497 e. The van der Waals surface area contributed by atoms with E-state index in [1.165, 1.54) is 35.9 Å². The lowest BCUT2D eigenvalue weighted by molar-refractivity contribution is -0.135. The Balaban J connectivity index is 1.21. The lowest BCUT2D eigenvalue weighted by Gasteiger charge is -2.43. The van der Waals surface area contributed by atoms with Crippen LogP contribution in [0.4, 0.5) is 0 Å². The highest BCUT2D eigenvalue weighted by Crippen LogP contribution is 2.30. The molecule has 1 aromatic heterocycles. The van der Waals surface area contributed by atoms with Crippen LogP contribution in [0.25, 0.3) is 10.9 Å². The number of rotatable bonds is 4. The van der Waals surface area contributed by atoms with Crippen molar-refractivity contribution in [2.45, 2.75) is 38.3 Å². The van der Waals surface area contributed by atoms with E-state index >= 15 is 0 Å². The van der Waals surface area contributed by atoms with E-state index in [1.807, 2.05) is 6.07 Å². The van der Waals surface area contributed by atoms with Crippen LogP contribution in [0.5, 0.6) is 5.75 Å². The van der Waals surface area contributed by atoms with E-state index in [-0.39, 0.29) is 0 Å². The molecule has 2 fully saturated rings. The van der Waals surface area contributed by atoms with E-state index in [0.29, 0.717) is 12.5 Å². The third kappa shape index (κ3) is 3.29. The second-order valence-electron chi connectivity index (χ2n) is 8.46. The number of hydrogen-bond acceptors (Lipinski definition) is 4. The summed E-state index contributed by atoms with van der Waals surface area (Å²) in [4.78, 5) is 23.4. The minimum absolute atomic E-state index is 0.290. The molecule has 150 valence electrons. The molecule has 28 heavy (non-hydrogen) atoms. The predicted molar refractivity (Wildman–Crippen MR) is 110 cm³/mol. The molecule has 0 bridgehead atoms. The number of fused-ring (bicyclic) bond motifs is 3. The van der Waals surface area contributed by atoms with E-state index in [1.54, 1.807) is 7.11 Å². The lowest BCUT2D eigenvalue weighted by Crippen LogP contribution is -2.55. The molecule has 0 radical (unpaired) electrons. The van der Waals surface area contributed by atoms with Gasteiger partial charge in [-0.3, -0.25) is 14.6 Å². The Bertz CT molecular complexity index is 865. The smallest absolute Gasteiger partial charge is 0.236 e. The number of H-pyrrole nitrogens is 1. The number of hydrogen-bond donors (Lipinski definition) is 1. The monoisotopic (exact) mass is 382 g/mol. The second-order valence-corrected chi connectivity index (χ2v) is 8.46. The van der Waals surface area contributed by atoms with Gasteiger partial charge in [-0.2, -0.15) is 0 Å². The highest BCUT2D eigenvalue weighted by Gasteiger charge is 2.30. The molecular weight excluding hydrogens is 352 g/mol. The second kappa shape index (κ2) is 7.41. The maximum Gasteiger partial charge on any atom is 0.236 e. The van der Waals surface area contributed by atoms with Crippen molar-refractivity contribution < 1.29 is 9.53 Å². The molecule has 2 aliphatic heterocycles. The number of carbonyl (C=O) groups excluding carboxylic acids is 1. The van der Waals surface area contributed by atoms with Crippen LogP contribution in [0.1, 0.15) is 30.5 Å². The van der Waals surface area contributed by atoms with Gasteiger partial charge in [0.05, 0.1) is 13.7 Å². The average Bonchev–Trinajstić information content (AvgIpc) is 3.04. The molecule has 0 unspecified atom stereocenters. The van der Waals surface area contributed by atoms with Crippen LogP contribution in [-0.4, -0.2) is 78.0 Å². The summed E-state index contributed by atoms with van der Waals surface area (Å²) in [5.41, 5.74) is 3.78. The van der Waals surface area contributed by atoms with E-state index in [0.717, 1.165) is 63.0 Å². The molecular formula is C22H30N4O2. The first-order chi connectivity index (χ1) is 13.7. The number of amides is 1. The lowest BCUT2D eigenvalue weighted by atomic mass is 9.91. The normalized spacial score (nSPS) is 21.5. The van der Waals surface area contributed by atoms with Crippen molar-refractivity contribution in [3.63, 3.8) is 0 Å². The number of aromatic nitrogens is 1. The van der Waals surface area contributed by atoms with Crippen LogP contribution in [0.15, 0.2) is 18.2 Å². The van der Waals surface area contributed by atoms with Crippen molar-refractivity contribution in [1.82, 2.24) is 19.7 Å². The van der Waals surface area contributed by atoms with Gasteiger partial charge < -0.3 is 14.6 Å². The first-order valence-corrected chi connectivity index (χ1v) is 10.6. The number of methoxy groups -OCH3 is 1. The fourth-order valence-corrected chi connectivity index (χ4v) is 4.90. The van der Waals surface area contributed by atoms with E-state index in [4.69, 9.17) is 4.74 Å². The number of piperazine rings is 1. The van der Waals surface area contributed by atoms with Crippen molar-refractivity contribution in [1.29, 1.82) is 0 Å². The van der Waals surface area contributed by atoms with Crippen LogP contribution in [-0.2, 0) is 17.8 Å². The van der Waals surface area contributed by atoms with Gasteiger partial charge in [-0.15, -0.1) is 0 Å². The van der Waals surface area contributed by atoms with Crippen LogP contribution >= 0.6 is 0 Å². The molecule has 1 N–H and O–H groups in total. The molecule has 1 amide bonds. The maximum atomic E-state index is 12.9. The number of aromatic amines is 1. The van der Waals surface area contributed by atoms with Gasteiger partial charge in [0.1, 0.15) is 5.75 Å². The summed E-state index contributed by atoms with van der Waals surface area (Å²) >= 11 is 0. The summed E-state index contributed by atoms with van der Waals surface area (Å²) in [7, 11) is 1.70. The van der Waals surface area contributed by atoms with Crippen molar-refractivity contribution in [3.05, 3.63) is 29.5 Å². The molecule has 6 nitrogen and oxygen atoms in total. The van der Waals surface area contributed by atoms with E-state index in [2.05, 4.69) is 31.8 Å². The number of nitrogens with one attached hydrogen (secondary N) is 1. The molecule has 1 aromatic carbocycles. The molecule has 1 aliphatic carbocycles. The van der Waals surface area contributed by atoms with Gasteiger partial charge in [0.2, 0.25) is 5.91 Å². The summed E-state index contributed by atoms with van der Waals surface area (Å²) in [6, 6.07) is 7.00. The van der Waals surface area contributed by atoms with Crippen molar-refractivity contribution in [3.8, 4) is 5.75 Å². The molecule has 1 saturated heterocycles. The molecule has 2 aromatic rings. The van der Waals surface area contributed by atoms with Gasteiger partial charge in [-0.25, -0.2) is 0 Å². The standard InChI is InChI=1S/C22H30N4O2/c1-28-17-5-6-18-19-14-24(8-7-20(19)23-21(18)13-17)15-22(27)26-11-9-25(10-12-26)16-3-2-4-16/h5-6,13,16,23H,2-4,7-12,14-15H2,1H3. The molecule has 0 spiro atoms. The van der Waals surface area contributed by atoms with Gasteiger partial charge in [0.15, 0.2) is 0 Å². The fraction of sp³-hybridized carbons (Fsp3) is 0.591. The first kappa shape index (κ1) is 18.0. The van der Waals surface area contributed by atoms with Crippen molar-refractivity contribution in [2.75, 3.05) is 46.4 Å². The van der Waals surface area contributed by atoms with E-state index < -0.39 is 0 Å². The minimum atomic E-state index is 0.290. The molecule has 1 saturated carbocycles. The van der Waals surface area contributed by atoms with Gasteiger partial charge in [-0.1, -0.05) is 6.42 Å². The highest BCUT2D eigenvalue weighted by atomic mass is 16.5. The predicted octanol–water partition coefficient (Wildman–Crippen LogP) is 2.23. The van der Waals surface area contributed by atoms with Crippen LogP contribution in [0, 0.1) is 0 Å². The Hall–Kier alpha value is -2.05. The van der Waals surface area contributed by atoms with Crippen LogP contribution in [0.2, 0.25) is 0 Å². The third-order valence-electron chi connectivity index (χ3n) is 6.88. The molecule has 6 heteroatoms. The zero-order valence-corrected chi connectivity index (χ0v) is 16.7. The fourth-order valence-electron chi connectivity index (χ4n) is 4.90. The number of carbonyl (C=O) groups is 1. The Labute approximate surface area is 166 Å². The SMILES string of the molecule is COc1ccc2c3c([nH]c2c1)CCN(CC(=O)N1CCN(C2CCC2)CC1)C3. The summed E-state index contributed by atoms with van der Waals surface area (Å²) in [6.45, 7) is 6.18. The van der Waals surface area contributed by atoms with Crippen LogP contribution in [0.3, 0.4) is 0 Å². The maximum absolute atomic E-state index is 12.9. The van der Waals surface area contributed by atoms with Gasteiger partial charge in [0.25, 0.3) is 0 Å². The topological polar surface area (TPSA) is 51.8 Å². The zero-order valence-electron chi connectivity index (χ0n) is 16.7. The summed E-state index contributed by atoms with van der Waals surface area (Å²) in [6.07, 6.45) is 5.04. The first-order valence-electron chi connectivity index (χ1n) is 10.6. The third-order valence-corrected chi connectivity index (χ3v) is 6.88. The Kier molecular flexibility index (Phi) is 4.77. The van der Waals surface area contributed by atoms with Crippen LogP contribution < -0.4 is 4.74 Å². The number of ether oxygens (including phenoxy) is 1. The highest BCUT2D eigenvalue weighted by molar-refractivity contribution is 5.86. The Morgan fingerprint density at radius 2 is 2.00 bits per heavy atom. The Morgan fingerprint density at radius 1 is 1.18 bits per heavy atom. The Morgan fingerprint density at radius 3 is 2.71 bits per heavy atom. The van der Waals surface area contributed by atoms with Crippen molar-refractivity contribution in [2.24, 2.45) is 0 Å². The van der Waals surface area contributed by atoms with Gasteiger partial charge in [-0.05, 0) is 30.5 Å². The zero-order chi connectivity index (χ0) is 19.1. The molecule has 3 heterocycles. The molecule has 0 atom stereocenters. The van der Waals surface area contributed by atoms with Gasteiger partial charge >= 0.3 is 0 Å². The van der Waals surface area contributed by atoms with Crippen molar-refractivity contribution >= 4 is 16.8 Å². The van der Waals surface area contributed by atoms with Gasteiger partial charge in [0, 0.05) is 74.4 Å². The summed E-state index contributed by atoms with van der Waals surface area (Å²) in [5.74, 6) is 1.16. The number of nitrogens with zero attached hydrogens (tertiary/aromatic N) is 3.